The van der Waals surface area contributed by atoms with Gasteiger partial charge in [0, 0.05) is 37.0 Å². The third-order valence-corrected chi connectivity index (χ3v) is 6.99. The highest BCUT2D eigenvalue weighted by molar-refractivity contribution is 6.07. The van der Waals surface area contributed by atoms with Crippen molar-refractivity contribution in [1.29, 1.82) is 5.26 Å². The molecule has 0 bridgehead atoms. The number of nitrogens with zero attached hydrogens (tertiary/aromatic N) is 2. The summed E-state index contributed by atoms with van der Waals surface area (Å²) in [5, 5.41) is 13.9. The number of fused-ring (bicyclic) bond motifs is 3. The van der Waals surface area contributed by atoms with Crippen molar-refractivity contribution in [2.45, 2.75) is 43.8 Å². The molecule has 1 N–H and O–H groups in total. The SMILES string of the molecule is Cn1ccc2cc(C3=C(C#N)C(=O)N[C@@]4(CCc5cc(OCCCC(F)(F)F)ccc54)C3)ccc21. The number of hydrogen-bond donors (Lipinski definition) is 1. The van der Waals surface area contributed by atoms with Gasteiger partial charge in [0.15, 0.2) is 0 Å². The second-order valence-corrected chi connectivity index (χ2v) is 9.26. The number of benzene rings is 2. The number of halogens is 3. The number of nitrogens with one attached hydrogen (secondary N) is 1. The van der Waals surface area contributed by atoms with E-state index in [1.54, 1.807) is 6.07 Å². The van der Waals surface area contributed by atoms with E-state index in [1.807, 2.05) is 54.2 Å². The summed E-state index contributed by atoms with van der Waals surface area (Å²) >= 11 is 0. The summed E-state index contributed by atoms with van der Waals surface area (Å²) < 4.78 is 44.7. The van der Waals surface area contributed by atoms with E-state index in [9.17, 15) is 23.2 Å². The van der Waals surface area contributed by atoms with Crippen molar-refractivity contribution in [1.82, 2.24) is 9.88 Å². The average Bonchev–Trinajstić information content (AvgIpc) is 3.36. The number of rotatable bonds is 5. The van der Waals surface area contributed by atoms with Crippen molar-refractivity contribution in [3.8, 4) is 11.8 Å². The number of carbonyl (C=O) groups is 1. The van der Waals surface area contributed by atoms with Gasteiger partial charge in [-0.25, -0.2) is 0 Å². The number of hydrogen-bond acceptors (Lipinski definition) is 3. The molecule has 0 unspecified atom stereocenters. The quantitative estimate of drug-likeness (QED) is 0.489. The van der Waals surface area contributed by atoms with E-state index in [0.29, 0.717) is 25.0 Å². The first-order valence-corrected chi connectivity index (χ1v) is 11.5. The fourth-order valence-corrected chi connectivity index (χ4v) is 5.28. The number of ether oxygens (including phenoxy) is 1. The summed E-state index contributed by atoms with van der Waals surface area (Å²) in [5.41, 5.74) is 4.10. The lowest BCUT2D eigenvalue weighted by atomic mass is 9.78. The van der Waals surface area contributed by atoms with Gasteiger partial charge >= 0.3 is 6.18 Å². The van der Waals surface area contributed by atoms with E-state index in [4.69, 9.17) is 4.74 Å². The molecule has 1 amide bonds. The van der Waals surface area contributed by atoms with Crippen molar-refractivity contribution >= 4 is 22.4 Å². The van der Waals surface area contributed by atoms with E-state index in [-0.39, 0.29) is 24.5 Å². The molecule has 3 aromatic rings. The molecule has 8 heteroatoms. The monoisotopic (exact) mass is 479 g/mol. The molecule has 0 saturated carbocycles. The summed E-state index contributed by atoms with van der Waals surface area (Å²) in [6.45, 7) is -0.0133. The number of alkyl halides is 3. The zero-order chi connectivity index (χ0) is 24.8. The van der Waals surface area contributed by atoms with Crippen molar-refractivity contribution in [3.63, 3.8) is 0 Å². The Morgan fingerprint density at radius 2 is 2.03 bits per heavy atom. The maximum Gasteiger partial charge on any atom is 0.389 e. The summed E-state index contributed by atoms with van der Waals surface area (Å²) in [5.74, 6) is 0.135. The Bertz CT molecular complexity index is 1400. The van der Waals surface area contributed by atoms with Gasteiger partial charge in [-0.3, -0.25) is 4.79 Å². The highest BCUT2D eigenvalue weighted by Gasteiger charge is 2.45. The molecule has 2 aliphatic rings. The molecule has 0 saturated heterocycles. The molecule has 5 nitrogen and oxygen atoms in total. The molecule has 5 rings (SSSR count). The summed E-state index contributed by atoms with van der Waals surface area (Å²) in [4.78, 5) is 13.1. The highest BCUT2D eigenvalue weighted by atomic mass is 19.4. The van der Waals surface area contributed by atoms with Gasteiger partial charge in [-0.15, -0.1) is 0 Å². The second-order valence-electron chi connectivity index (χ2n) is 9.26. The zero-order valence-electron chi connectivity index (χ0n) is 19.2. The van der Waals surface area contributed by atoms with E-state index in [2.05, 4.69) is 11.4 Å². The Balaban J connectivity index is 1.42. The molecule has 1 aliphatic carbocycles. The van der Waals surface area contributed by atoms with Crippen LogP contribution in [-0.2, 0) is 23.8 Å². The molecular weight excluding hydrogens is 455 g/mol. The second kappa shape index (κ2) is 8.49. The van der Waals surface area contributed by atoms with Crippen molar-refractivity contribution < 1.29 is 22.7 Å². The molecule has 1 aliphatic heterocycles. The maximum atomic E-state index is 13.1. The van der Waals surface area contributed by atoms with E-state index < -0.39 is 18.1 Å². The summed E-state index contributed by atoms with van der Waals surface area (Å²) in [6, 6.07) is 15.5. The fraction of sp³-hybridized carbons (Fsp3) is 0.333. The lowest BCUT2D eigenvalue weighted by molar-refractivity contribution is -0.136. The molecule has 35 heavy (non-hydrogen) atoms. The molecule has 1 aromatic heterocycles. The minimum atomic E-state index is -4.19. The first-order valence-electron chi connectivity index (χ1n) is 11.5. The number of amides is 1. The van der Waals surface area contributed by atoms with Gasteiger partial charge in [-0.05, 0) is 71.9 Å². The maximum absolute atomic E-state index is 13.1. The highest BCUT2D eigenvalue weighted by Crippen LogP contribution is 2.47. The first kappa shape index (κ1) is 23.0. The molecule has 0 radical (unpaired) electrons. The van der Waals surface area contributed by atoms with Crippen LogP contribution in [0.3, 0.4) is 0 Å². The number of aryl methyl sites for hydroxylation is 2. The van der Waals surface area contributed by atoms with Crippen LogP contribution in [0.1, 0.15) is 42.4 Å². The summed E-state index contributed by atoms with van der Waals surface area (Å²) in [6.07, 6.45) is -1.34. The topological polar surface area (TPSA) is 67.0 Å². The third-order valence-electron chi connectivity index (χ3n) is 6.99. The molecule has 2 aromatic carbocycles. The van der Waals surface area contributed by atoms with Crippen molar-refractivity contribution in [2.24, 2.45) is 7.05 Å². The van der Waals surface area contributed by atoms with Gasteiger partial charge in [0.2, 0.25) is 0 Å². The lowest BCUT2D eigenvalue weighted by Gasteiger charge is -2.37. The molecule has 2 heterocycles. The standard InChI is InChI=1S/C27H24F3N3O2/c1-33-11-8-19-13-17(3-6-24(19)33)21-15-26(32-25(34)22(21)16-31)10-7-18-14-20(4-5-23(18)26)35-12-2-9-27(28,29)30/h3-6,8,11,13-14H,2,7,9-10,12,15H2,1H3,(H,32,34)/t26-/m0/s1. The number of nitriles is 1. The Labute approximate surface area is 200 Å². The minimum Gasteiger partial charge on any atom is -0.494 e. The Kier molecular flexibility index (Phi) is 5.59. The van der Waals surface area contributed by atoms with Crippen LogP contribution in [0.4, 0.5) is 13.2 Å². The third kappa shape index (κ3) is 4.27. The van der Waals surface area contributed by atoms with Crippen LogP contribution in [0.2, 0.25) is 0 Å². The molecular formula is C27H24F3N3O2. The van der Waals surface area contributed by atoms with Gasteiger partial charge in [0.1, 0.15) is 17.4 Å². The molecule has 1 atom stereocenters. The summed E-state index contributed by atoms with van der Waals surface area (Å²) in [7, 11) is 1.97. The van der Waals surface area contributed by atoms with Crippen LogP contribution in [0.25, 0.3) is 16.5 Å². The Hall–Kier alpha value is -3.73. The van der Waals surface area contributed by atoms with Gasteiger partial charge in [0.25, 0.3) is 5.91 Å². The van der Waals surface area contributed by atoms with Crippen molar-refractivity contribution in [3.05, 3.63) is 70.9 Å². The van der Waals surface area contributed by atoms with Gasteiger partial charge in [0.05, 0.1) is 12.1 Å². The van der Waals surface area contributed by atoms with Gasteiger partial charge in [-0.2, -0.15) is 18.4 Å². The first-order chi connectivity index (χ1) is 16.7. The smallest absolute Gasteiger partial charge is 0.389 e. The average molecular weight is 480 g/mol. The van der Waals surface area contributed by atoms with E-state index in [1.165, 1.54) is 0 Å². The molecule has 180 valence electrons. The van der Waals surface area contributed by atoms with Crippen LogP contribution >= 0.6 is 0 Å². The zero-order valence-corrected chi connectivity index (χ0v) is 19.2. The van der Waals surface area contributed by atoms with Crippen molar-refractivity contribution in [2.75, 3.05) is 6.61 Å². The normalized spacial score (nSPS) is 19.7. The minimum absolute atomic E-state index is 0.0133. The number of aromatic nitrogens is 1. The predicted molar refractivity (Wildman–Crippen MR) is 125 cm³/mol. The van der Waals surface area contributed by atoms with Gasteiger partial charge in [-0.1, -0.05) is 12.1 Å². The van der Waals surface area contributed by atoms with Gasteiger partial charge < -0.3 is 14.6 Å². The van der Waals surface area contributed by atoms with E-state index >= 15 is 0 Å². The predicted octanol–water partition coefficient (Wildman–Crippen LogP) is 5.54. The fourth-order valence-electron chi connectivity index (χ4n) is 5.28. The number of carbonyl (C=O) groups excluding carboxylic acids is 1. The van der Waals surface area contributed by atoms with Crippen LogP contribution in [-0.4, -0.2) is 23.3 Å². The Morgan fingerprint density at radius 3 is 2.80 bits per heavy atom. The van der Waals surface area contributed by atoms with Crippen LogP contribution in [0.5, 0.6) is 5.75 Å². The Morgan fingerprint density at radius 1 is 1.20 bits per heavy atom. The van der Waals surface area contributed by atoms with Crippen LogP contribution < -0.4 is 10.1 Å². The van der Waals surface area contributed by atoms with Crippen LogP contribution in [0, 0.1) is 11.3 Å². The molecule has 0 fully saturated rings. The van der Waals surface area contributed by atoms with Crippen LogP contribution in [0.15, 0.2) is 54.2 Å². The molecule has 1 spiro atoms. The largest absolute Gasteiger partial charge is 0.494 e. The van der Waals surface area contributed by atoms with E-state index in [0.717, 1.165) is 33.2 Å². The lowest BCUT2D eigenvalue weighted by Crippen LogP contribution is -2.48.